The number of nitrogens with one attached hydrogen (secondary N) is 1. The Morgan fingerprint density at radius 1 is 1.44 bits per heavy atom. The summed E-state index contributed by atoms with van der Waals surface area (Å²) in [5.74, 6) is 2.73. The largest absolute Gasteiger partial charge is 0.352 e. The maximum Gasteiger partial charge on any atom is 0.203 e. The summed E-state index contributed by atoms with van der Waals surface area (Å²) in [6.45, 7) is 10.0. The van der Waals surface area contributed by atoms with Crippen LogP contribution < -0.4 is 5.32 Å². The van der Waals surface area contributed by atoms with Crippen molar-refractivity contribution in [1.82, 2.24) is 9.55 Å². The van der Waals surface area contributed by atoms with Crippen LogP contribution >= 0.6 is 0 Å². The van der Waals surface area contributed by atoms with Crippen molar-refractivity contribution < 1.29 is 0 Å². The van der Waals surface area contributed by atoms with E-state index in [2.05, 4.69) is 41.5 Å². The lowest BCUT2D eigenvalue weighted by Gasteiger charge is -2.26. The number of aryl methyl sites for hydroxylation is 1. The Kier molecular flexibility index (Phi) is 4.45. The van der Waals surface area contributed by atoms with Crippen molar-refractivity contribution in [2.75, 3.05) is 11.9 Å². The molecule has 1 aliphatic rings. The van der Waals surface area contributed by atoms with Gasteiger partial charge in [0, 0.05) is 19.3 Å². The molecule has 0 radical (unpaired) electrons. The zero-order valence-corrected chi connectivity index (χ0v) is 11.7. The molecule has 1 aromatic heterocycles. The maximum atomic E-state index is 4.53. The Balaban J connectivity index is 1.97. The van der Waals surface area contributed by atoms with E-state index in [1.807, 2.05) is 6.08 Å². The zero-order chi connectivity index (χ0) is 13.0. The molecule has 1 saturated carbocycles. The standard InChI is InChI=1S/C15H25N3/c1-4-9-16-15-17-13(3)10-18(15)11-14-7-5-12(2)6-8-14/h4,10,12,14H,1,5-9,11H2,2-3H3,(H,16,17). The van der Waals surface area contributed by atoms with Crippen LogP contribution in [0, 0.1) is 18.8 Å². The van der Waals surface area contributed by atoms with E-state index in [-0.39, 0.29) is 0 Å². The number of hydrogen-bond acceptors (Lipinski definition) is 2. The molecule has 0 unspecified atom stereocenters. The highest BCUT2D eigenvalue weighted by atomic mass is 15.2. The molecule has 18 heavy (non-hydrogen) atoms. The molecule has 0 amide bonds. The van der Waals surface area contributed by atoms with Crippen LogP contribution in [0.4, 0.5) is 5.95 Å². The third-order valence-electron chi connectivity index (χ3n) is 3.89. The van der Waals surface area contributed by atoms with Crippen molar-refractivity contribution in [3.8, 4) is 0 Å². The van der Waals surface area contributed by atoms with Gasteiger partial charge in [-0.05, 0) is 31.6 Å². The van der Waals surface area contributed by atoms with Crippen LogP contribution in [-0.2, 0) is 6.54 Å². The summed E-state index contributed by atoms with van der Waals surface area (Å²) in [6, 6.07) is 0. The van der Waals surface area contributed by atoms with E-state index in [9.17, 15) is 0 Å². The van der Waals surface area contributed by atoms with Gasteiger partial charge in [0.05, 0.1) is 5.69 Å². The summed E-state index contributed by atoms with van der Waals surface area (Å²) in [4.78, 5) is 4.53. The Labute approximate surface area is 110 Å². The Morgan fingerprint density at radius 3 is 2.83 bits per heavy atom. The van der Waals surface area contributed by atoms with E-state index < -0.39 is 0 Å². The highest BCUT2D eigenvalue weighted by Crippen LogP contribution is 2.30. The van der Waals surface area contributed by atoms with E-state index in [1.165, 1.54) is 25.7 Å². The Hall–Kier alpha value is -1.25. The van der Waals surface area contributed by atoms with Crippen molar-refractivity contribution in [2.45, 2.75) is 46.1 Å². The highest BCUT2D eigenvalue weighted by Gasteiger charge is 2.19. The molecular weight excluding hydrogens is 222 g/mol. The predicted molar refractivity (Wildman–Crippen MR) is 76.8 cm³/mol. The molecule has 3 heteroatoms. The summed E-state index contributed by atoms with van der Waals surface area (Å²) >= 11 is 0. The van der Waals surface area contributed by atoms with Gasteiger partial charge in [-0.3, -0.25) is 0 Å². The van der Waals surface area contributed by atoms with Crippen LogP contribution in [0.15, 0.2) is 18.9 Å². The molecule has 1 heterocycles. The van der Waals surface area contributed by atoms with E-state index in [4.69, 9.17) is 0 Å². The van der Waals surface area contributed by atoms with Gasteiger partial charge in [0.2, 0.25) is 5.95 Å². The fraction of sp³-hybridized carbons (Fsp3) is 0.667. The van der Waals surface area contributed by atoms with Crippen LogP contribution in [0.3, 0.4) is 0 Å². The summed E-state index contributed by atoms with van der Waals surface area (Å²) in [5.41, 5.74) is 1.09. The third kappa shape index (κ3) is 3.37. The van der Waals surface area contributed by atoms with Crippen LogP contribution in [0.25, 0.3) is 0 Å². The first kappa shape index (κ1) is 13.2. The molecule has 1 N–H and O–H groups in total. The van der Waals surface area contributed by atoms with Crippen molar-refractivity contribution in [1.29, 1.82) is 0 Å². The van der Waals surface area contributed by atoms with E-state index in [1.54, 1.807) is 0 Å². The van der Waals surface area contributed by atoms with Crippen LogP contribution in [0.5, 0.6) is 0 Å². The molecule has 1 fully saturated rings. The number of rotatable bonds is 5. The second-order valence-electron chi connectivity index (χ2n) is 5.65. The lowest BCUT2D eigenvalue weighted by Crippen LogP contribution is -2.18. The lowest BCUT2D eigenvalue weighted by molar-refractivity contribution is 0.265. The van der Waals surface area contributed by atoms with Gasteiger partial charge in [-0.25, -0.2) is 4.98 Å². The van der Waals surface area contributed by atoms with Gasteiger partial charge in [0.25, 0.3) is 0 Å². The fourth-order valence-corrected chi connectivity index (χ4v) is 2.78. The van der Waals surface area contributed by atoms with Crippen molar-refractivity contribution in [3.63, 3.8) is 0 Å². The molecular formula is C15H25N3. The van der Waals surface area contributed by atoms with Crippen LogP contribution in [0.2, 0.25) is 0 Å². The monoisotopic (exact) mass is 247 g/mol. The molecule has 0 bridgehead atoms. The van der Waals surface area contributed by atoms with Gasteiger partial charge in [-0.1, -0.05) is 25.8 Å². The number of hydrogen-bond donors (Lipinski definition) is 1. The van der Waals surface area contributed by atoms with Crippen LogP contribution in [0.1, 0.15) is 38.3 Å². The molecule has 0 aromatic carbocycles. The summed E-state index contributed by atoms with van der Waals surface area (Å²) in [7, 11) is 0. The molecule has 1 aromatic rings. The number of aromatic nitrogens is 2. The second kappa shape index (κ2) is 6.07. The van der Waals surface area contributed by atoms with E-state index in [0.29, 0.717) is 0 Å². The van der Waals surface area contributed by atoms with Crippen molar-refractivity contribution in [3.05, 3.63) is 24.5 Å². The number of anilines is 1. The fourth-order valence-electron chi connectivity index (χ4n) is 2.78. The van der Waals surface area contributed by atoms with Gasteiger partial charge in [0.1, 0.15) is 0 Å². The third-order valence-corrected chi connectivity index (χ3v) is 3.89. The minimum atomic E-state index is 0.776. The molecule has 0 atom stereocenters. The van der Waals surface area contributed by atoms with Gasteiger partial charge in [0.15, 0.2) is 0 Å². The molecule has 1 aliphatic carbocycles. The SMILES string of the molecule is C=CCNc1nc(C)cn1CC1CCC(C)CC1. The number of nitrogens with zero attached hydrogens (tertiary/aromatic N) is 2. The zero-order valence-electron chi connectivity index (χ0n) is 11.7. The quantitative estimate of drug-likeness (QED) is 0.805. The minimum Gasteiger partial charge on any atom is -0.352 e. The summed E-state index contributed by atoms with van der Waals surface area (Å²) in [6.07, 6.45) is 9.51. The van der Waals surface area contributed by atoms with E-state index >= 15 is 0 Å². The minimum absolute atomic E-state index is 0.776. The topological polar surface area (TPSA) is 29.9 Å². The molecule has 0 spiro atoms. The average molecular weight is 247 g/mol. The van der Waals surface area contributed by atoms with Gasteiger partial charge < -0.3 is 9.88 Å². The Morgan fingerprint density at radius 2 is 2.17 bits per heavy atom. The first-order valence-corrected chi connectivity index (χ1v) is 7.07. The van der Waals surface area contributed by atoms with Gasteiger partial charge in [-0.2, -0.15) is 0 Å². The van der Waals surface area contributed by atoms with Crippen molar-refractivity contribution >= 4 is 5.95 Å². The Bertz CT molecular complexity index is 386. The maximum absolute atomic E-state index is 4.53. The molecule has 2 rings (SSSR count). The van der Waals surface area contributed by atoms with Gasteiger partial charge >= 0.3 is 0 Å². The molecule has 3 nitrogen and oxygen atoms in total. The molecule has 0 aliphatic heterocycles. The normalized spacial score (nSPS) is 23.9. The van der Waals surface area contributed by atoms with Crippen LogP contribution in [-0.4, -0.2) is 16.1 Å². The summed E-state index contributed by atoms with van der Waals surface area (Å²) < 4.78 is 2.28. The predicted octanol–water partition coefficient (Wildman–Crippen LogP) is 3.62. The summed E-state index contributed by atoms with van der Waals surface area (Å²) in [5, 5.41) is 3.32. The van der Waals surface area contributed by atoms with Crippen molar-refractivity contribution in [2.24, 2.45) is 11.8 Å². The van der Waals surface area contributed by atoms with Gasteiger partial charge in [-0.15, -0.1) is 6.58 Å². The first-order valence-electron chi connectivity index (χ1n) is 7.07. The average Bonchev–Trinajstić information content (AvgIpc) is 2.70. The lowest BCUT2D eigenvalue weighted by atomic mass is 9.83. The number of imidazole rings is 1. The molecule has 100 valence electrons. The van der Waals surface area contributed by atoms with E-state index in [0.717, 1.165) is 36.6 Å². The first-order chi connectivity index (χ1) is 8.69. The highest BCUT2D eigenvalue weighted by molar-refractivity contribution is 5.29. The molecule has 0 saturated heterocycles. The second-order valence-corrected chi connectivity index (χ2v) is 5.65. The smallest absolute Gasteiger partial charge is 0.203 e.